The maximum atomic E-state index is 12.1. The first-order valence-corrected chi connectivity index (χ1v) is 6.36. The molecular formula is C14H20N2O. The number of para-hydroxylation sites is 1. The van der Waals surface area contributed by atoms with E-state index < -0.39 is 0 Å². The van der Waals surface area contributed by atoms with Crippen LogP contribution < -0.4 is 10.6 Å². The summed E-state index contributed by atoms with van der Waals surface area (Å²) < 4.78 is 0. The van der Waals surface area contributed by atoms with Gasteiger partial charge >= 0.3 is 0 Å². The number of hydrogen-bond acceptors (Lipinski definition) is 2. The van der Waals surface area contributed by atoms with Gasteiger partial charge in [0.25, 0.3) is 0 Å². The molecule has 3 heteroatoms. The molecule has 2 N–H and O–H groups in total. The second kappa shape index (κ2) is 5.32. The van der Waals surface area contributed by atoms with E-state index in [1.54, 1.807) is 0 Å². The maximum absolute atomic E-state index is 12.1. The average Bonchev–Trinajstić information content (AvgIpc) is 2.77. The van der Waals surface area contributed by atoms with Crippen molar-refractivity contribution in [3.05, 3.63) is 30.3 Å². The Morgan fingerprint density at radius 3 is 2.59 bits per heavy atom. The molecule has 1 aromatic rings. The highest BCUT2D eigenvalue weighted by Gasteiger charge is 2.32. The highest BCUT2D eigenvalue weighted by molar-refractivity contribution is 5.93. The Morgan fingerprint density at radius 1 is 1.35 bits per heavy atom. The van der Waals surface area contributed by atoms with Crippen LogP contribution in [0.3, 0.4) is 0 Å². The number of amides is 1. The van der Waals surface area contributed by atoms with E-state index in [1.165, 1.54) is 0 Å². The molecule has 0 spiro atoms. The quantitative estimate of drug-likeness (QED) is 0.869. The lowest BCUT2D eigenvalue weighted by atomic mass is 10.1. The van der Waals surface area contributed by atoms with Crippen molar-refractivity contribution in [2.24, 2.45) is 5.73 Å². The molecule has 0 bridgehead atoms. The topological polar surface area (TPSA) is 46.3 Å². The fraction of sp³-hybridized carbons (Fsp3) is 0.500. The van der Waals surface area contributed by atoms with Gasteiger partial charge in [-0.15, -0.1) is 0 Å². The zero-order chi connectivity index (χ0) is 12.3. The second-order valence-electron chi connectivity index (χ2n) is 4.61. The van der Waals surface area contributed by atoms with Gasteiger partial charge in [-0.05, 0) is 31.4 Å². The number of rotatable bonds is 3. The normalized spacial score (nSPS) is 23.6. The minimum Gasteiger partial charge on any atom is -0.326 e. The van der Waals surface area contributed by atoms with Gasteiger partial charge in [-0.2, -0.15) is 0 Å². The van der Waals surface area contributed by atoms with Gasteiger partial charge < -0.3 is 10.6 Å². The van der Waals surface area contributed by atoms with E-state index in [2.05, 4.69) is 0 Å². The van der Waals surface area contributed by atoms with Crippen molar-refractivity contribution in [3.63, 3.8) is 0 Å². The van der Waals surface area contributed by atoms with Crippen LogP contribution >= 0.6 is 0 Å². The van der Waals surface area contributed by atoms with Crippen molar-refractivity contribution >= 4 is 11.6 Å². The molecule has 1 saturated carbocycles. The van der Waals surface area contributed by atoms with E-state index in [-0.39, 0.29) is 18.0 Å². The molecule has 0 aliphatic heterocycles. The zero-order valence-corrected chi connectivity index (χ0v) is 10.3. The summed E-state index contributed by atoms with van der Waals surface area (Å²) in [6.45, 7) is 1.90. The molecule has 0 saturated heterocycles. The van der Waals surface area contributed by atoms with Crippen molar-refractivity contribution in [3.8, 4) is 0 Å². The van der Waals surface area contributed by atoms with Crippen molar-refractivity contribution in [1.82, 2.24) is 0 Å². The Labute approximate surface area is 103 Å². The fourth-order valence-electron chi connectivity index (χ4n) is 2.57. The summed E-state index contributed by atoms with van der Waals surface area (Å²) in [6, 6.07) is 10.2. The average molecular weight is 232 g/mol. The minimum absolute atomic E-state index is 0.116. The van der Waals surface area contributed by atoms with Gasteiger partial charge in [0.2, 0.25) is 5.91 Å². The summed E-state index contributed by atoms with van der Waals surface area (Å²) in [5.41, 5.74) is 7.09. The standard InChI is InChI=1S/C14H20N2O/c1-2-14(17)16(11-7-4-3-5-8-11)13-10-6-9-12(13)15/h3-5,7-8,12-13H,2,6,9-10,15H2,1H3/t12-,13-/m1/s1. The number of anilines is 1. The minimum atomic E-state index is 0.116. The van der Waals surface area contributed by atoms with Crippen LogP contribution in [0.4, 0.5) is 5.69 Å². The Kier molecular flexibility index (Phi) is 3.79. The summed E-state index contributed by atoms with van der Waals surface area (Å²) in [5.74, 6) is 0.165. The van der Waals surface area contributed by atoms with Crippen molar-refractivity contribution < 1.29 is 4.79 Å². The van der Waals surface area contributed by atoms with Crippen LogP contribution in [0.1, 0.15) is 32.6 Å². The molecule has 92 valence electrons. The molecule has 1 amide bonds. The van der Waals surface area contributed by atoms with E-state index in [4.69, 9.17) is 5.73 Å². The molecule has 0 radical (unpaired) electrons. The van der Waals surface area contributed by atoms with Gasteiger partial charge in [-0.1, -0.05) is 25.1 Å². The molecule has 0 aromatic heterocycles. The van der Waals surface area contributed by atoms with E-state index in [0.717, 1.165) is 24.9 Å². The molecule has 2 rings (SSSR count). The molecule has 1 aliphatic rings. The number of hydrogen-bond donors (Lipinski definition) is 1. The van der Waals surface area contributed by atoms with Crippen LogP contribution in [-0.4, -0.2) is 18.0 Å². The number of nitrogens with zero attached hydrogens (tertiary/aromatic N) is 1. The van der Waals surface area contributed by atoms with Crippen molar-refractivity contribution in [1.29, 1.82) is 0 Å². The Hall–Kier alpha value is -1.35. The summed E-state index contributed by atoms with van der Waals surface area (Å²) in [6.07, 6.45) is 3.68. The van der Waals surface area contributed by atoms with Gasteiger partial charge in [-0.3, -0.25) is 4.79 Å². The third kappa shape index (κ3) is 2.50. The number of carbonyl (C=O) groups is 1. The fourth-order valence-corrected chi connectivity index (χ4v) is 2.57. The van der Waals surface area contributed by atoms with Crippen molar-refractivity contribution in [2.75, 3.05) is 4.90 Å². The molecular weight excluding hydrogens is 212 g/mol. The number of benzene rings is 1. The Bertz CT molecular complexity index is 377. The predicted octanol–water partition coefficient (Wildman–Crippen LogP) is 2.31. The van der Waals surface area contributed by atoms with Gasteiger partial charge in [0, 0.05) is 18.2 Å². The van der Waals surface area contributed by atoms with Gasteiger partial charge in [0.15, 0.2) is 0 Å². The van der Waals surface area contributed by atoms with Gasteiger partial charge in [0.1, 0.15) is 0 Å². The molecule has 0 heterocycles. The third-order valence-electron chi connectivity index (χ3n) is 3.47. The largest absolute Gasteiger partial charge is 0.326 e. The Morgan fingerprint density at radius 2 is 2.06 bits per heavy atom. The molecule has 2 atom stereocenters. The number of carbonyl (C=O) groups excluding carboxylic acids is 1. The highest BCUT2D eigenvalue weighted by atomic mass is 16.2. The molecule has 1 aliphatic carbocycles. The first-order chi connectivity index (χ1) is 8.24. The SMILES string of the molecule is CCC(=O)N(c1ccccc1)[C@@H]1CCC[C@H]1N. The maximum Gasteiger partial charge on any atom is 0.227 e. The van der Waals surface area contributed by atoms with Crippen LogP contribution in [0.25, 0.3) is 0 Å². The number of nitrogens with two attached hydrogens (primary N) is 1. The van der Waals surface area contributed by atoms with E-state index in [1.807, 2.05) is 42.2 Å². The van der Waals surface area contributed by atoms with E-state index >= 15 is 0 Å². The lowest BCUT2D eigenvalue weighted by Crippen LogP contribution is -2.47. The first kappa shape index (κ1) is 12.1. The summed E-state index contributed by atoms with van der Waals surface area (Å²) in [5, 5.41) is 0. The molecule has 17 heavy (non-hydrogen) atoms. The highest BCUT2D eigenvalue weighted by Crippen LogP contribution is 2.28. The molecule has 3 nitrogen and oxygen atoms in total. The smallest absolute Gasteiger partial charge is 0.227 e. The molecule has 0 unspecified atom stereocenters. The lowest BCUT2D eigenvalue weighted by molar-refractivity contribution is -0.118. The summed E-state index contributed by atoms with van der Waals surface area (Å²) in [4.78, 5) is 14.0. The lowest BCUT2D eigenvalue weighted by Gasteiger charge is -2.31. The van der Waals surface area contributed by atoms with Crippen LogP contribution in [0.5, 0.6) is 0 Å². The van der Waals surface area contributed by atoms with E-state index in [0.29, 0.717) is 6.42 Å². The van der Waals surface area contributed by atoms with Crippen LogP contribution in [0.2, 0.25) is 0 Å². The molecule has 1 aromatic carbocycles. The van der Waals surface area contributed by atoms with Crippen molar-refractivity contribution in [2.45, 2.75) is 44.7 Å². The van der Waals surface area contributed by atoms with Crippen LogP contribution in [0, 0.1) is 0 Å². The molecule has 1 fully saturated rings. The van der Waals surface area contributed by atoms with Crippen LogP contribution in [-0.2, 0) is 4.79 Å². The summed E-state index contributed by atoms with van der Waals surface area (Å²) in [7, 11) is 0. The second-order valence-corrected chi connectivity index (χ2v) is 4.61. The predicted molar refractivity (Wildman–Crippen MR) is 69.8 cm³/mol. The van der Waals surface area contributed by atoms with E-state index in [9.17, 15) is 4.79 Å². The van der Waals surface area contributed by atoms with Gasteiger partial charge in [-0.25, -0.2) is 0 Å². The third-order valence-corrected chi connectivity index (χ3v) is 3.47. The zero-order valence-electron chi connectivity index (χ0n) is 10.3. The van der Waals surface area contributed by atoms with Crippen LogP contribution in [0.15, 0.2) is 30.3 Å². The summed E-state index contributed by atoms with van der Waals surface area (Å²) >= 11 is 0. The Balaban J connectivity index is 2.28. The van der Waals surface area contributed by atoms with Gasteiger partial charge in [0.05, 0.1) is 6.04 Å². The first-order valence-electron chi connectivity index (χ1n) is 6.36. The monoisotopic (exact) mass is 232 g/mol.